The number of rotatable bonds is 4. The molecular weight excluding hydrogens is 270 g/mol. The van der Waals surface area contributed by atoms with Crippen LogP contribution in [0.2, 0.25) is 0 Å². The Hall–Kier alpha value is -1.54. The standard InChI is InChI=1S/C11H15N3O4S/c1-2-3-7-9(19-13-12-7)10(16)14-5-6(15)4-8(14)11(17)18/h6,8,15H,2-5H2,1H3,(H,17,18)/t6-,8-/m0/s1. The second kappa shape index (κ2) is 5.62. The number of carbonyl (C=O) groups is 2. The van der Waals surface area contributed by atoms with Gasteiger partial charge in [-0.05, 0) is 18.0 Å². The van der Waals surface area contributed by atoms with Gasteiger partial charge in [0, 0.05) is 13.0 Å². The Bertz CT molecular complexity index is 490. The van der Waals surface area contributed by atoms with E-state index in [1.165, 1.54) is 4.90 Å². The van der Waals surface area contributed by atoms with Gasteiger partial charge in [0.1, 0.15) is 10.9 Å². The van der Waals surface area contributed by atoms with Crippen molar-refractivity contribution in [2.24, 2.45) is 0 Å². The van der Waals surface area contributed by atoms with Crippen molar-refractivity contribution >= 4 is 23.4 Å². The number of carboxylic acids is 1. The highest BCUT2D eigenvalue weighted by atomic mass is 32.1. The zero-order valence-electron chi connectivity index (χ0n) is 10.4. The minimum absolute atomic E-state index is 0.0409. The van der Waals surface area contributed by atoms with Crippen LogP contribution in [0.4, 0.5) is 0 Å². The van der Waals surface area contributed by atoms with Gasteiger partial charge in [-0.1, -0.05) is 17.8 Å². The number of hydrogen-bond acceptors (Lipinski definition) is 6. The van der Waals surface area contributed by atoms with Gasteiger partial charge >= 0.3 is 5.97 Å². The summed E-state index contributed by atoms with van der Waals surface area (Å²) in [7, 11) is 0. The van der Waals surface area contributed by atoms with Crippen molar-refractivity contribution in [2.45, 2.75) is 38.3 Å². The molecule has 0 unspecified atom stereocenters. The molecule has 2 N–H and O–H groups in total. The normalized spacial score (nSPS) is 22.7. The van der Waals surface area contributed by atoms with Crippen molar-refractivity contribution in [3.05, 3.63) is 10.6 Å². The number of aliphatic hydroxyl groups is 1. The van der Waals surface area contributed by atoms with Crippen LogP contribution in [0.1, 0.15) is 35.1 Å². The Balaban J connectivity index is 2.22. The Morgan fingerprint density at radius 2 is 2.26 bits per heavy atom. The Morgan fingerprint density at radius 3 is 2.89 bits per heavy atom. The van der Waals surface area contributed by atoms with Crippen molar-refractivity contribution in [3.8, 4) is 0 Å². The maximum atomic E-state index is 12.3. The maximum absolute atomic E-state index is 12.3. The van der Waals surface area contributed by atoms with E-state index in [4.69, 9.17) is 5.11 Å². The summed E-state index contributed by atoms with van der Waals surface area (Å²) in [4.78, 5) is 25.0. The van der Waals surface area contributed by atoms with Gasteiger partial charge < -0.3 is 15.1 Å². The first-order valence-corrected chi connectivity index (χ1v) is 6.85. The van der Waals surface area contributed by atoms with Gasteiger partial charge in [-0.2, -0.15) is 0 Å². The highest BCUT2D eigenvalue weighted by Gasteiger charge is 2.40. The van der Waals surface area contributed by atoms with Crippen molar-refractivity contribution in [2.75, 3.05) is 6.54 Å². The van der Waals surface area contributed by atoms with Crippen LogP contribution in [0, 0.1) is 0 Å². The van der Waals surface area contributed by atoms with Gasteiger partial charge in [-0.25, -0.2) is 4.79 Å². The van der Waals surface area contributed by atoms with E-state index in [0.717, 1.165) is 18.0 Å². The molecule has 0 spiro atoms. The molecule has 0 radical (unpaired) electrons. The van der Waals surface area contributed by atoms with E-state index in [1.54, 1.807) is 0 Å². The molecular formula is C11H15N3O4S. The van der Waals surface area contributed by atoms with E-state index in [9.17, 15) is 14.7 Å². The third-order valence-corrected chi connectivity index (χ3v) is 3.82. The average Bonchev–Trinajstić information content (AvgIpc) is 2.95. The van der Waals surface area contributed by atoms with Crippen LogP contribution in [0.15, 0.2) is 0 Å². The predicted octanol–water partition coefficient (Wildman–Crippen LogP) is 0.151. The number of carbonyl (C=O) groups excluding carboxylic acids is 1. The maximum Gasteiger partial charge on any atom is 0.326 e. The summed E-state index contributed by atoms with van der Waals surface area (Å²) >= 11 is 0.973. The molecule has 7 nitrogen and oxygen atoms in total. The number of amides is 1. The number of β-amino-alcohol motifs (C(OH)–C–C–N with tert-alkyl or cyclic N) is 1. The zero-order chi connectivity index (χ0) is 14.0. The molecule has 1 amide bonds. The molecule has 0 aliphatic carbocycles. The fourth-order valence-corrected chi connectivity index (χ4v) is 2.84. The number of likely N-dealkylation sites (tertiary alicyclic amines) is 1. The summed E-state index contributed by atoms with van der Waals surface area (Å²) in [6.07, 6.45) is 0.735. The lowest BCUT2D eigenvalue weighted by molar-refractivity contribution is -0.141. The lowest BCUT2D eigenvalue weighted by atomic mass is 10.2. The second-order valence-corrected chi connectivity index (χ2v) is 5.25. The van der Waals surface area contributed by atoms with E-state index < -0.39 is 24.0 Å². The Kier molecular flexibility index (Phi) is 4.11. The summed E-state index contributed by atoms with van der Waals surface area (Å²) in [6, 6.07) is -0.973. The molecule has 1 aromatic rings. The van der Waals surface area contributed by atoms with E-state index in [0.29, 0.717) is 17.0 Å². The van der Waals surface area contributed by atoms with Gasteiger partial charge in [-0.15, -0.1) is 5.10 Å². The summed E-state index contributed by atoms with van der Waals surface area (Å²) in [6.45, 7) is 2.01. The molecule has 2 rings (SSSR count). The van der Waals surface area contributed by atoms with Crippen LogP contribution in [-0.4, -0.2) is 55.3 Å². The van der Waals surface area contributed by atoms with E-state index in [1.807, 2.05) is 6.92 Å². The number of carboxylic acid groups (broad SMARTS) is 1. The molecule has 1 aromatic heterocycles. The first kappa shape index (κ1) is 13.9. The molecule has 1 saturated heterocycles. The molecule has 1 aliphatic heterocycles. The quantitative estimate of drug-likeness (QED) is 0.816. The minimum atomic E-state index is -1.10. The van der Waals surface area contributed by atoms with Crippen molar-refractivity contribution in [1.82, 2.24) is 14.5 Å². The summed E-state index contributed by atoms with van der Waals surface area (Å²) in [5, 5.41) is 22.5. The molecule has 2 atom stereocenters. The number of hydrogen-bond donors (Lipinski definition) is 2. The van der Waals surface area contributed by atoms with E-state index in [-0.39, 0.29) is 13.0 Å². The summed E-state index contributed by atoms with van der Waals surface area (Å²) < 4.78 is 3.76. The number of nitrogens with zero attached hydrogens (tertiary/aromatic N) is 3. The molecule has 0 bridgehead atoms. The molecule has 0 aromatic carbocycles. The summed E-state index contributed by atoms with van der Waals surface area (Å²) in [5.74, 6) is -1.50. The topological polar surface area (TPSA) is 104 Å². The van der Waals surface area contributed by atoms with Crippen LogP contribution in [-0.2, 0) is 11.2 Å². The highest BCUT2D eigenvalue weighted by Crippen LogP contribution is 2.23. The van der Waals surface area contributed by atoms with Crippen LogP contribution < -0.4 is 0 Å². The average molecular weight is 285 g/mol. The van der Waals surface area contributed by atoms with Crippen molar-refractivity contribution in [1.29, 1.82) is 0 Å². The summed E-state index contributed by atoms with van der Waals surface area (Å²) in [5.41, 5.74) is 0.600. The van der Waals surface area contributed by atoms with Crippen LogP contribution >= 0.6 is 11.5 Å². The third-order valence-electron chi connectivity index (χ3n) is 3.06. The van der Waals surface area contributed by atoms with Crippen LogP contribution in [0.25, 0.3) is 0 Å². The van der Waals surface area contributed by atoms with Gasteiger partial charge in [0.05, 0.1) is 11.8 Å². The number of aliphatic carboxylic acids is 1. The Labute approximate surface area is 114 Å². The third kappa shape index (κ3) is 2.74. The van der Waals surface area contributed by atoms with Crippen molar-refractivity contribution < 1.29 is 19.8 Å². The largest absolute Gasteiger partial charge is 0.480 e. The first-order chi connectivity index (χ1) is 9.04. The first-order valence-electron chi connectivity index (χ1n) is 6.07. The fourth-order valence-electron chi connectivity index (χ4n) is 2.17. The minimum Gasteiger partial charge on any atom is -0.480 e. The fraction of sp³-hybridized carbons (Fsp3) is 0.636. The SMILES string of the molecule is CCCc1nnsc1C(=O)N1C[C@@H](O)C[C@H]1C(=O)O. The molecule has 19 heavy (non-hydrogen) atoms. The lowest BCUT2D eigenvalue weighted by Crippen LogP contribution is -2.40. The second-order valence-electron chi connectivity index (χ2n) is 4.50. The van der Waals surface area contributed by atoms with E-state index >= 15 is 0 Å². The molecule has 104 valence electrons. The molecule has 0 saturated carbocycles. The zero-order valence-corrected chi connectivity index (χ0v) is 11.3. The van der Waals surface area contributed by atoms with Gasteiger partial charge in [0.15, 0.2) is 0 Å². The highest BCUT2D eigenvalue weighted by molar-refractivity contribution is 7.08. The van der Waals surface area contributed by atoms with E-state index in [2.05, 4.69) is 9.59 Å². The molecule has 2 heterocycles. The van der Waals surface area contributed by atoms with Gasteiger partial charge in [-0.3, -0.25) is 4.79 Å². The number of aromatic nitrogens is 2. The monoisotopic (exact) mass is 285 g/mol. The van der Waals surface area contributed by atoms with Crippen LogP contribution in [0.3, 0.4) is 0 Å². The smallest absolute Gasteiger partial charge is 0.326 e. The van der Waals surface area contributed by atoms with Crippen LogP contribution in [0.5, 0.6) is 0 Å². The Morgan fingerprint density at radius 1 is 1.53 bits per heavy atom. The molecule has 1 aliphatic rings. The number of aliphatic hydroxyl groups excluding tert-OH is 1. The predicted molar refractivity (Wildman–Crippen MR) is 67.0 cm³/mol. The van der Waals surface area contributed by atoms with Crippen molar-refractivity contribution in [3.63, 3.8) is 0 Å². The van der Waals surface area contributed by atoms with Gasteiger partial charge in [0.25, 0.3) is 5.91 Å². The lowest BCUT2D eigenvalue weighted by Gasteiger charge is -2.20. The number of aryl methyl sites for hydroxylation is 1. The molecule has 1 fully saturated rings. The van der Waals surface area contributed by atoms with Gasteiger partial charge in [0.2, 0.25) is 0 Å². The molecule has 8 heteroatoms.